The molecule has 2 aromatic heterocycles. The van der Waals surface area contributed by atoms with E-state index < -0.39 is 0 Å². The average Bonchev–Trinajstić information content (AvgIpc) is 2.65. The molecule has 102 valence electrons. The maximum Gasteiger partial charge on any atom is 0.219 e. The van der Waals surface area contributed by atoms with E-state index >= 15 is 0 Å². The van der Waals surface area contributed by atoms with Gasteiger partial charge in [0, 0.05) is 18.8 Å². The highest BCUT2D eigenvalue weighted by Crippen LogP contribution is 2.27. The minimum Gasteiger partial charge on any atom is -0.435 e. The van der Waals surface area contributed by atoms with Crippen molar-refractivity contribution in [3.63, 3.8) is 0 Å². The normalized spacial score (nSPS) is 10.8. The number of aliphatic hydroxyl groups excluding tert-OH is 1. The second kappa shape index (κ2) is 5.40. The molecule has 0 radical (unpaired) electrons. The summed E-state index contributed by atoms with van der Waals surface area (Å²) in [5.74, 6) is 1.23. The minimum absolute atomic E-state index is 0.0170. The molecule has 0 fully saturated rings. The molecule has 0 spiro atoms. The summed E-state index contributed by atoms with van der Waals surface area (Å²) < 4.78 is 7.62. The highest BCUT2D eigenvalue weighted by molar-refractivity contribution is 5.36. The molecule has 2 rings (SSSR count). The van der Waals surface area contributed by atoms with Gasteiger partial charge >= 0.3 is 0 Å². The third-order valence-electron chi connectivity index (χ3n) is 3.11. The van der Waals surface area contributed by atoms with Crippen LogP contribution in [0.1, 0.15) is 29.6 Å². The summed E-state index contributed by atoms with van der Waals surface area (Å²) in [4.78, 5) is 4.42. The van der Waals surface area contributed by atoms with Crippen molar-refractivity contribution in [1.29, 1.82) is 0 Å². The lowest BCUT2D eigenvalue weighted by Gasteiger charge is -2.08. The van der Waals surface area contributed by atoms with Crippen LogP contribution in [0.3, 0.4) is 0 Å². The van der Waals surface area contributed by atoms with E-state index in [9.17, 15) is 5.11 Å². The van der Waals surface area contributed by atoms with E-state index in [1.54, 1.807) is 10.7 Å². The second-order valence-corrected chi connectivity index (χ2v) is 4.54. The van der Waals surface area contributed by atoms with Gasteiger partial charge in [0.25, 0.3) is 0 Å². The summed E-state index contributed by atoms with van der Waals surface area (Å²) in [6, 6.07) is 3.64. The first-order chi connectivity index (χ1) is 9.05. The van der Waals surface area contributed by atoms with Crippen molar-refractivity contribution in [2.24, 2.45) is 7.05 Å². The quantitative estimate of drug-likeness (QED) is 0.917. The van der Waals surface area contributed by atoms with E-state index in [-0.39, 0.29) is 6.61 Å². The lowest BCUT2D eigenvalue weighted by atomic mass is 10.2. The number of ether oxygens (including phenoxy) is 1. The van der Waals surface area contributed by atoms with Gasteiger partial charge in [-0.15, -0.1) is 0 Å². The van der Waals surface area contributed by atoms with Crippen LogP contribution < -0.4 is 4.74 Å². The molecule has 5 heteroatoms. The number of hydrogen-bond donors (Lipinski definition) is 1. The van der Waals surface area contributed by atoms with Crippen LogP contribution in [0, 0.1) is 13.8 Å². The second-order valence-electron chi connectivity index (χ2n) is 4.54. The number of aryl methyl sites for hydroxylation is 3. The molecule has 2 heterocycles. The molecule has 5 nitrogen and oxygen atoms in total. The number of hydrogen-bond acceptors (Lipinski definition) is 4. The van der Waals surface area contributed by atoms with Crippen molar-refractivity contribution in [3.8, 4) is 11.6 Å². The summed E-state index contributed by atoms with van der Waals surface area (Å²) in [7, 11) is 1.88. The predicted octanol–water partition coefficient (Wildman–Crippen LogP) is 2.28. The van der Waals surface area contributed by atoms with E-state index in [0.717, 1.165) is 34.8 Å². The topological polar surface area (TPSA) is 60.2 Å². The maximum atomic E-state index is 9.26. The Hall–Kier alpha value is -1.88. The molecule has 0 aliphatic carbocycles. The Morgan fingerprint density at radius 1 is 1.32 bits per heavy atom. The Morgan fingerprint density at radius 2 is 2.05 bits per heavy atom. The third-order valence-corrected chi connectivity index (χ3v) is 3.11. The molecular formula is C14H19N3O2. The molecule has 0 saturated carbocycles. The van der Waals surface area contributed by atoms with Crippen molar-refractivity contribution in [2.75, 3.05) is 0 Å². The molecule has 1 N–H and O–H groups in total. The lowest BCUT2D eigenvalue weighted by molar-refractivity contribution is 0.280. The maximum absolute atomic E-state index is 9.26. The van der Waals surface area contributed by atoms with Gasteiger partial charge in [0.15, 0.2) is 5.75 Å². The molecule has 0 saturated heterocycles. The van der Waals surface area contributed by atoms with Gasteiger partial charge in [0.1, 0.15) is 5.69 Å². The molecular weight excluding hydrogens is 242 g/mol. The molecule has 0 aliphatic heterocycles. The van der Waals surface area contributed by atoms with Crippen molar-refractivity contribution in [2.45, 2.75) is 33.8 Å². The van der Waals surface area contributed by atoms with Crippen molar-refractivity contribution in [1.82, 2.24) is 14.8 Å². The standard InChI is InChI=1S/C14H19N3O2/c1-5-12-6-11(8-18)7-13(15-12)19-14-9(2)16-17(4)10(14)3/h6-7,18H,5,8H2,1-4H3. The van der Waals surface area contributed by atoms with E-state index in [1.165, 1.54) is 0 Å². The van der Waals surface area contributed by atoms with Crippen LogP contribution >= 0.6 is 0 Å². The molecule has 0 amide bonds. The van der Waals surface area contributed by atoms with Gasteiger partial charge in [0.05, 0.1) is 12.3 Å². The number of aliphatic hydroxyl groups is 1. The summed E-state index contributed by atoms with van der Waals surface area (Å²) in [6.45, 7) is 5.86. The van der Waals surface area contributed by atoms with Crippen LogP contribution in [0.2, 0.25) is 0 Å². The van der Waals surface area contributed by atoms with Crippen LogP contribution in [0.4, 0.5) is 0 Å². The molecule has 2 aromatic rings. The van der Waals surface area contributed by atoms with Gasteiger partial charge in [-0.3, -0.25) is 4.68 Å². The fraction of sp³-hybridized carbons (Fsp3) is 0.429. The zero-order chi connectivity index (χ0) is 14.0. The Bertz CT molecular complexity index is 568. The van der Waals surface area contributed by atoms with Gasteiger partial charge in [-0.25, -0.2) is 4.98 Å². The molecule has 0 aliphatic rings. The van der Waals surface area contributed by atoms with Crippen LogP contribution in [0.5, 0.6) is 11.6 Å². The fourth-order valence-electron chi connectivity index (χ4n) is 1.95. The van der Waals surface area contributed by atoms with E-state index in [2.05, 4.69) is 10.1 Å². The Balaban J connectivity index is 2.37. The van der Waals surface area contributed by atoms with Gasteiger partial charge < -0.3 is 9.84 Å². The summed E-state index contributed by atoms with van der Waals surface area (Å²) in [5, 5.41) is 13.6. The Kier molecular flexibility index (Phi) is 3.85. The largest absolute Gasteiger partial charge is 0.435 e. The molecule has 0 aromatic carbocycles. The van der Waals surface area contributed by atoms with Gasteiger partial charge in [-0.05, 0) is 31.9 Å². The smallest absolute Gasteiger partial charge is 0.219 e. The highest BCUT2D eigenvalue weighted by Gasteiger charge is 2.13. The Morgan fingerprint density at radius 3 is 2.58 bits per heavy atom. The van der Waals surface area contributed by atoms with Crippen LogP contribution in [0.25, 0.3) is 0 Å². The Labute approximate surface area is 112 Å². The van der Waals surface area contributed by atoms with E-state index in [0.29, 0.717) is 5.88 Å². The minimum atomic E-state index is -0.0170. The van der Waals surface area contributed by atoms with Crippen LogP contribution in [0.15, 0.2) is 12.1 Å². The summed E-state index contributed by atoms with van der Waals surface area (Å²) >= 11 is 0. The van der Waals surface area contributed by atoms with E-state index in [4.69, 9.17) is 4.74 Å². The van der Waals surface area contributed by atoms with Gasteiger partial charge in [-0.2, -0.15) is 5.10 Å². The first kappa shape index (κ1) is 13.5. The SMILES string of the molecule is CCc1cc(CO)cc(Oc2c(C)nn(C)c2C)n1. The molecule has 19 heavy (non-hydrogen) atoms. The monoisotopic (exact) mass is 261 g/mol. The number of pyridine rings is 1. The zero-order valence-electron chi connectivity index (χ0n) is 11.8. The lowest BCUT2D eigenvalue weighted by Crippen LogP contribution is -1.97. The van der Waals surface area contributed by atoms with Crippen LogP contribution in [-0.2, 0) is 20.1 Å². The average molecular weight is 261 g/mol. The van der Waals surface area contributed by atoms with Gasteiger partial charge in [-0.1, -0.05) is 6.92 Å². The van der Waals surface area contributed by atoms with Crippen molar-refractivity contribution >= 4 is 0 Å². The highest BCUT2D eigenvalue weighted by atomic mass is 16.5. The molecule has 0 unspecified atom stereocenters. The first-order valence-corrected chi connectivity index (χ1v) is 6.34. The molecule has 0 atom stereocenters. The third kappa shape index (κ3) is 2.76. The van der Waals surface area contributed by atoms with Gasteiger partial charge in [0.2, 0.25) is 5.88 Å². The predicted molar refractivity (Wildman–Crippen MR) is 72.3 cm³/mol. The summed E-state index contributed by atoms with van der Waals surface area (Å²) in [5.41, 5.74) is 3.49. The number of aromatic nitrogens is 3. The van der Waals surface area contributed by atoms with Crippen molar-refractivity contribution < 1.29 is 9.84 Å². The van der Waals surface area contributed by atoms with Crippen LogP contribution in [-0.4, -0.2) is 19.9 Å². The summed E-state index contributed by atoms with van der Waals surface area (Å²) in [6.07, 6.45) is 0.801. The molecule has 0 bridgehead atoms. The van der Waals surface area contributed by atoms with Crippen molar-refractivity contribution in [3.05, 3.63) is 34.8 Å². The zero-order valence-corrected chi connectivity index (χ0v) is 11.8. The number of rotatable bonds is 4. The van der Waals surface area contributed by atoms with E-state index in [1.807, 2.05) is 33.9 Å². The first-order valence-electron chi connectivity index (χ1n) is 6.34. The fourth-order valence-corrected chi connectivity index (χ4v) is 1.95. The number of nitrogens with zero attached hydrogens (tertiary/aromatic N) is 3.